The average molecular weight is 524 g/mol. The van der Waals surface area contributed by atoms with Crippen molar-refractivity contribution < 1.29 is 19.7 Å². The molecule has 0 aromatic heterocycles. The van der Waals surface area contributed by atoms with Gasteiger partial charge in [0.1, 0.15) is 11.6 Å². The number of hydrogen-bond donors (Lipinski definition) is 3. The Morgan fingerprint density at radius 1 is 1.03 bits per heavy atom. The Kier molecular flexibility index (Phi) is 9.46. The Bertz CT molecular complexity index is 1250. The van der Waals surface area contributed by atoms with E-state index in [0.29, 0.717) is 12.1 Å². The Labute approximate surface area is 224 Å². The van der Waals surface area contributed by atoms with E-state index in [4.69, 9.17) is 10.2 Å². The highest BCUT2D eigenvalue weighted by Gasteiger charge is 2.31. The molecule has 1 saturated carbocycles. The fourth-order valence-electron chi connectivity index (χ4n) is 5.14. The van der Waals surface area contributed by atoms with Crippen LogP contribution < -0.4 is 4.31 Å². The van der Waals surface area contributed by atoms with Crippen LogP contribution in [0, 0.1) is 19.7 Å². The Hall–Kier alpha value is -2.80. The van der Waals surface area contributed by atoms with Gasteiger partial charge in [0.15, 0.2) is 0 Å². The van der Waals surface area contributed by atoms with Crippen LogP contribution in [0.3, 0.4) is 0 Å². The van der Waals surface area contributed by atoms with Crippen molar-refractivity contribution in [3.05, 3.63) is 83.2 Å². The standard InChI is InChI=1S/C25H24FNOS.C5H10O.CH4O/c1-5-7-20-15(2)25-23(16(3)22(20)17-10-12-19(28)13-11-17)24-18(14-27(25)29-4)8-6-9-21(24)26;1-5(6)3-2-4-5;1-2/h5-6,8-13,28H,1,7,14H2,2-4H3;6H,2-4H2,1H3;2H,1H3. The highest BCUT2D eigenvalue weighted by atomic mass is 32.2. The number of phenols is 1. The van der Waals surface area contributed by atoms with Crippen molar-refractivity contribution in [2.24, 2.45) is 0 Å². The number of halogens is 1. The number of aliphatic hydroxyl groups is 2. The number of nitrogens with zero attached hydrogens (tertiary/aromatic N) is 1. The van der Waals surface area contributed by atoms with Crippen molar-refractivity contribution in [2.45, 2.75) is 58.6 Å². The van der Waals surface area contributed by atoms with Gasteiger partial charge in [0.25, 0.3) is 0 Å². The lowest BCUT2D eigenvalue weighted by Crippen LogP contribution is -2.32. The first-order valence-corrected chi connectivity index (χ1v) is 13.7. The van der Waals surface area contributed by atoms with Crippen LogP contribution in [0.1, 0.15) is 48.4 Å². The number of aromatic hydroxyl groups is 1. The summed E-state index contributed by atoms with van der Waals surface area (Å²) in [5.74, 6) is 0.0523. The van der Waals surface area contributed by atoms with Crippen LogP contribution in [0.5, 0.6) is 5.75 Å². The number of anilines is 1. The molecule has 198 valence electrons. The second-order valence-corrected chi connectivity index (χ2v) is 10.5. The number of allylic oxidation sites excluding steroid dienone is 1. The van der Waals surface area contributed by atoms with Crippen molar-refractivity contribution in [3.8, 4) is 28.0 Å². The summed E-state index contributed by atoms with van der Waals surface area (Å²) in [6.45, 7) is 10.7. The summed E-state index contributed by atoms with van der Waals surface area (Å²) in [5, 5.41) is 25.7. The van der Waals surface area contributed by atoms with E-state index in [1.807, 2.05) is 31.2 Å². The fourth-order valence-corrected chi connectivity index (χ4v) is 5.82. The first kappa shape index (κ1) is 28.8. The van der Waals surface area contributed by atoms with Crippen molar-refractivity contribution in [2.75, 3.05) is 17.7 Å². The van der Waals surface area contributed by atoms with Crippen molar-refractivity contribution in [1.29, 1.82) is 0 Å². The van der Waals surface area contributed by atoms with E-state index in [1.54, 1.807) is 36.2 Å². The minimum atomic E-state index is -0.278. The van der Waals surface area contributed by atoms with E-state index >= 15 is 4.39 Å². The molecule has 37 heavy (non-hydrogen) atoms. The predicted octanol–water partition coefficient (Wildman–Crippen LogP) is 7.34. The van der Waals surface area contributed by atoms with Gasteiger partial charge in [0.05, 0.1) is 17.8 Å². The van der Waals surface area contributed by atoms with Crippen molar-refractivity contribution in [3.63, 3.8) is 0 Å². The van der Waals surface area contributed by atoms with Crippen molar-refractivity contribution in [1.82, 2.24) is 0 Å². The quantitative estimate of drug-likeness (QED) is 0.247. The van der Waals surface area contributed by atoms with Gasteiger partial charge >= 0.3 is 0 Å². The number of hydrogen-bond acceptors (Lipinski definition) is 5. The molecule has 3 aromatic rings. The van der Waals surface area contributed by atoms with E-state index in [1.165, 1.54) is 12.0 Å². The van der Waals surface area contributed by atoms with E-state index in [2.05, 4.69) is 31.0 Å². The molecule has 0 bridgehead atoms. The Morgan fingerprint density at radius 3 is 2.16 bits per heavy atom. The third-order valence-electron chi connectivity index (χ3n) is 7.17. The SMILES string of the molecule is C=CCc1c(C)c2c(c(C)c1-c1ccc(O)cc1)-c1c(F)cccc1CN2SC.CC1(O)CCC1.CO. The van der Waals surface area contributed by atoms with Crippen LogP contribution in [0.2, 0.25) is 0 Å². The molecule has 5 rings (SSSR count). The molecule has 1 aliphatic heterocycles. The largest absolute Gasteiger partial charge is 0.508 e. The normalized spacial score (nSPS) is 14.6. The summed E-state index contributed by atoms with van der Waals surface area (Å²) in [6.07, 6.45) is 7.93. The fraction of sp³-hybridized carbons (Fsp3) is 0.355. The van der Waals surface area contributed by atoms with Gasteiger partial charge in [-0.15, -0.1) is 6.58 Å². The Balaban J connectivity index is 0.000000412. The maximum absolute atomic E-state index is 15.1. The van der Waals surface area contributed by atoms with Crippen LogP contribution in [-0.4, -0.2) is 34.3 Å². The molecule has 3 aromatic carbocycles. The molecule has 4 nitrogen and oxygen atoms in total. The zero-order chi connectivity index (χ0) is 27.3. The smallest absolute Gasteiger partial charge is 0.131 e. The van der Waals surface area contributed by atoms with E-state index in [-0.39, 0.29) is 17.2 Å². The summed E-state index contributed by atoms with van der Waals surface area (Å²) >= 11 is 1.66. The summed E-state index contributed by atoms with van der Waals surface area (Å²) in [4.78, 5) is 0. The number of aliphatic hydroxyl groups excluding tert-OH is 1. The molecule has 6 heteroatoms. The lowest BCUT2D eigenvalue weighted by atomic mass is 9.81. The molecule has 1 fully saturated rings. The third-order valence-corrected chi connectivity index (χ3v) is 7.92. The van der Waals surface area contributed by atoms with Gasteiger partial charge in [-0.1, -0.05) is 42.3 Å². The lowest BCUT2D eigenvalue weighted by Gasteiger charge is -2.36. The zero-order valence-corrected chi connectivity index (χ0v) is 23.3. The first-order valence-electron chi connectivity index (χ1n) is 12.5. The molecule has 1 heterocycles. The molecule has 0 radical (unpaired) electrons. The molecule has 3 N–H and O–H groups in total. The Morgan fingerprint density at radius 2 is 1.65 bits per heavy atom. The van der Waals surface area contributed by atoms with Gasteiger partial charge < -0.3 is 19.6 Å². The van der Waals surface area contributed by atoms with Gasteiger partial charge in [0, 0.05) is 24.5 Å². The minimum absolute atomic E-state index is 0.180. The van der Waals surface area contributed by atoms with Gasteiger partial charge in [0.2, 0.25) is 0 Å². The molecular formula is C31H38FNO3S. The summed E-state index contributed by atoms with van der Waals surface area (Å²) in [7, 11) is 1.00. The van der Waals surface area contributed by atoms with Crippen LogP contribution >= 0.6 is 11.9 Å². The maximum atomic E-state index is 15.1. The van der Waals surface area contributed by atoms with E-state index in [0.717, 1.165) is 65.4 Å². The number of rotatable bonds is 4. The molecule has 1 aliphatic carbocycles. The second-order valence-electron chi connectivity index (χ2n) is 9.71. The van der Waals surface area contributed by atoms with Crippen molar-refractivity contribution >= 4 is 17.6 Å². The second kappa shape index (κ2) is 12.2. The average Bonchev–Trinajstić information content (AvgIpc) is 2.88. The predicted molar refractivity (Wildman–Crippen MR) is 155 cm³/mol. The molecular weight excluding hydrogens is 485 g/mol. The maximum Gasteiger partial charge on any atom is 0.131 e. The van der Waals surface area contributed by atoms with Crippen LogP contribution in [0.15, 0.2) is 55.1 Å². The monoisotopic (exact) mass is 523 g/mol. The summed E-state index contributed by atoms with van der Waals surface area (Å²) in [5.41, 5.74) is 9.00. The highest BCUT2D eigenvalue weighted by molar-refractivity contribution is 7.99. The summed E-state index contributed by atoms with van der Waals surface area (Å²) < 4.78 is 17.3. The molecule has 0 atom stereocenters. The van der Waals surface area contributed by atoms with Gasteiger partial charge in [-0.05, 0) is 98.0 Å². The molecule has 0 spiro atoms. The van der Waals surface area contributed by atoms with Gasteiger partial charge in [-0.2, -0.15) is 0 Å². The number of benzene rings is 3. The van der Waals surface area contributed by atoms with Gasteiger partial charge in [-0.3, -0.25) is 0 Å². The van der Waals surface area contributed by atoms with Crippen LogP contribution in [0.25, 0.3) is 22.3 Å². The van der Waals surface area contributed by atoms with E-state index in [9.17, 15) is 5.11 Å². The molecule has 0 amide bonds. The van der Waals surface area contributed by atoms with Crippen LogP contribution in [-0.2, 0) is 13.0 Å². The first-order chi connectivity index (χ1) is 17.7. The summed E-state index contributed by atoms with van der Waals surface area (Å²) in [6, 6.07) is 12.6. The zero-order valence-electron chi connectivity index (χ0n) is 22.4. The van der Waals surface area contributed by atoms with Crippen LogP contribution in [0.4, 0.5) is 10.1 Å². The van der Waals surface area contributed by atoms with E-state index < -0.39 is 0 Å². The number of fused-ring (bicyclic) bond motifs is 3. The molecule has 2 aliphatic rings. The molecule has 0 unspecified atom stereocenters. The number of phenolic OH excluding ortho intramolecular Hbond substituents is 1. The highest BCUT2D eigenvalue weighted by Crippen LogP contribution is 2.50. The minimum Gasteiger partial charge on any atom is -0.508 e. The van der Waals surface area contributed by atoms with Gasteiger partial charge in [-0.25, -0.2) is 4.39 Å². The third kappa shape index (κ3) is 5.87. The topological polar surface area (TPSA) is 63.9 Å². The lowest BCUT2D eigenvalue weighted by molar-refractivity contribution is -0.0147. The molecule has 0 saturated heterocycles.